The molecule has 1 heterocycles. The molecule has 1 saturated heterocycles. The number of cyclic esters (lactones) is 1. The van der Waals surface area contributed by atoms with E-state index in [0.717, 1.165) is 5.56 Å². The van der Waals surface area contributed by atoms with E-state index >= 15 is 0 Å². The summed E-state index contributed by atoms with van der Waals surface area (Å²) in [6, 6.07) is 26.9. The Labute approximate surface area is 163 Å². The van der Waals surface area contributed by atoms with Crippen LogP contribution < -0.4 is 0 Å². The van der Waals surface area contributed by atoms with E-state index < -0.39 is 24.3 Å². The minimum absolute atomic E-state index is 0.118. The first-order chi connectivity index (χ1) is 13.7. The average molecular weight is 373 g/mol. The molecule has 28 heavy (non-hydrogen) atoms. The van der Waals surface area contributed by atoms with Gasteiger partial charge in [-0.1, -0.05) is 91.0 Å². The molecule has 1 fully saturated rings. The Bertz CT molecular complexity index is 944. The predicted octanol–water partition coefficient (Wildman–Crippen LogP) is 4.62. The lowest BCUT2D eigenvalue weighted by Crippen LogP contribution is -2.34. The number of amides is 1. The number of carbonyl (C=O) groups is 2. The van der Waals surface area contributed by atoms with Gasteiger partial charge in [-0.25, -0.2) is 14.5 Å². The topological polar surface area (TPSA) is 55.8 Å². The monoisotopic (exact) mass is 373 g/mol. The average Bonchev–Trinajstić information content (AvgIpc) is 3.11. The third-order valence-electron chi connectivity index (χ3n) is 4.60. The van der Waals surface area contributed by atoms with Gasteiger partial charge in [-0.15, -0.1) is 0 Å². The van der Waals surface area contributed by atoms with Crippen LogP contribution in [0.25, 0.3) is 0 Å². The van der Waals surface area contributed by atoms with Crippen LogP contribution in [-0.4, -0.2) is 17.0 Å². The Hall–Kier alpha value is -3.60. The Balaban J connectivity index is 1.64. The van der Waals surface area contributed by atoms with Gasteiger partial charge in [0.1, 0.15) is 6.61 Å². The van der Waals surface area contributed by atoms with Gasteiger partial charge in [-0.3, -0.25) is 0 Å². The van der Waals surface area contributed by atoms with Crippen molar-refractivity contribution >= 4 is 12.1 Å². The van der Waals surface area contributed by atoms with Crippen molar-refractivity contribution in [2.75, 3.05) is 0 Å². The zero-order valence-corrected chi connectivity index (χ0v) is 15.1. The molecule has 2 atom stereocenters. The van der Waals surface area contributed by atoms with Crippen molar-refractivity contribution in [3.8, 4) is 0 Å². The molecule has 1 amide bonds. The standard InChI is InChI=1S/C23H19NO4/c25-22-20(18-12-6-2-7-13-18)24(21(28-22)19-14-8-3-9-15-19)23(26)27-16-17-10-4-1-5-11-17/h1-15,20-21H,16H2/t20?,21-/m0/s1. The molecule has 1 aliphatic heterocycles. The van der Waals surface area contributed by atoms with E-state index in [1.807, 2.05) is 78.9 Å². The van der Waals surface area contributed by atoms with E-state index in [4.69, 9.17) is 9.47 Å². The van der Waals surface area contributed by atoms with Crippen LogP contribution in [-0.2, 0) is 20.9 Å². The molecule has 140 valence electrons. The lowest BCUT2D eigenvalue weighted by atomic mass is 10.1. The summed E-state index contributed by atoms with van der Waals surface area (Å²) in [7, 11) is 0. The molecule has 0 saturated carbocycles. The number of carbonyl (C=O) groups excluding carboxylic acids is 2. The molecule has 4 rings (SSSR count). The second kappa shape index (κ2) is 7.96. The first kappa shape index (κ1) is 17.8. The summed E-state index contributed by atoms with van der Waals surface area (Å²) in [6.45, 7) is 0.118. The van der Waals surface area contributed by atoms with Crippen LogP contribution in [0.1, 0.15) is 29.0 Å². The smallest absolute Gasteiger partial charge is 0.414 e. The fourth-order valence-corrected chi connectivity index (χ4v) is 3.25. The first-order valence-corrected chi connectivity index (χ1v) is 9.03. The highest BCUT2D eigenvalue weighted by atomic mass is 16.6. The summed E-state index contributed by atoms with van der Waals surface area (Å²) >= 11 is 0. The van der Waals surface area contributed by atoms with E-state index in [1.54, 1.807) is 12.1 Å². The number of hydrogen-bond acceptors (Lipinski definition) is 4. The maximum atomic E-state index is 13.0. The SMILES string of the molecule is O=C1O[C@@H](c2ccccc2)N(C(=O)OCc2ccccc2)C1c1ccccc1. The predicted molar refractivity (Wildman–Crippen MR) is 103 cm³/mol. The van der Waals surface area contributed by atoms with Crippen molar-refractivity contribution in [1.82, 2.24) is 4.90 Å². The van der Waals surface area contributed by atoms with Crippen LogP contribution in [0.3, 0.4) is 0 Å². The number of benzene rings is 3. The Kier molecular flexibility index (Phi) is 5.06. The molecule has 0 spiro atoms. The van der Waals surface area contributed by atoms with Crippen LogP contribution >= 0.6 is 0 Å². The number of rotatable bonds is 4. The summed E-state index contributed by atoms with van der Waals surface area (Å²) < 4.78 is 11.1. The van der Waals surface area contributed by atoms with Gasteiger partial charge < -0.3 is 9.47 Å². The molecule has 0 N–H and O–H groups in total. The fraction of sp³-hybridized carbons (Fsp3) is 0.130. The van der Waals surface area contributed by atoms with Crippen molar-refractivity contribution in [2.45, 2.75) is 18.9 Å². The molecule has 0 aliphatic carbocycles. The number of ether oxygens (including phenoxy) is 2. The van der Waals surface area contributed by atoms with Crippen molar-refractivity contribution in [1.29, 1.82) is 0 Å². The summed E-state index contributed by atoms with van der Waals surface area (Å²) in [5.41, 5.74) is 2.27. The van der Waals surface area contributed by atoms with E-state index in [-0.39, 0.29) is 6.61 Å². The van der Waals surface area contributed by atoms with Gasteiger partial charge in [0, 0.05) is 5.56 Å². The zero-order chi connectivity index (χ0) is 19.3. The van der Waals surface area contributed by atoms with Crippen LogP contribution in [0, 0.1) is 0 Å². The largest absolute Gasteiger partial charge is 0.444 e. The van der Waals surface area contributed by atoms with E-state index in [1.165, 1.54) is 4.90 Å². The van der Waals surface area contributed by atoms with Gasteiger partial charge in [0.2, 0.25) is 6.23 Å². The maximum Gasteiger partial charge on any atom is 0.414 e. The lowest BCUT2D eigenvalue weighted by molar-refractivity contribution is -0.143. The molecule has 5 nitrogen and oxygen atoms in total. The Morgan fingerprint density at radius 2 is 1.36 bits per heavy atom. The second-order valence-corrected chi connectivity index (χ2v) is 6.46. The van der Waals surface area contributed by atoms with E-state index in [0.29, 0.717) is 11.1 Å². The summed E-state index contributed by atoms with van der Waals surface area (Å²) in [4.78, 5) is 27.1. The van der Waals surface area contributed by atoms with Crippen molar-refractivity contribution in [3.05, 3.63) is 108 Å². The normalized spacial score (nSPS) is 18.6. The number of esters is 1. The van der Waals surface area contributed by atoms with Crippen LogP contribution in [0.2, 0.25) is 0 Å². The van der Waals surface area contributed by atoms with Crippen LogP contribution in [0.15, 0.2) is 91.0 Å². The zero-order valence-electron chi connectivity index (χ0n) is 15.1. The molecular weight excluding hydrogens is 354 g/mol. The highest BCUT2D eigenvalue weighted by molar-refractivity contribution is 5.86. The lowest BCUT2D eigenvalue weighted by Gasteiger charge is -2.26. The maximum absolute atomic E-state index is 13.0. The molecular formula is C23H19NO4. The highest BCUT2D eigenvalue weighted by Crippen LogP contribution is 2.40. The molecule has 5 heteroatoms. The second-order valence-electron chi connectivity index (χ2n) is 6.46. The molecule has 0 bridgehead atoms. The molecule has 0 aromatic heterocycles. The first-order valence-electron chi connectivity index (χ1n) is 9.03. The quantitative estimate of drug-likeness (QED) is 0.626. The summed E-state index contributed by atoms with van der Waals surface area (Å²) in [5.74, 6) is -0.475. The summed E-state index contributed by atoms with van der Waals surface area (Å²) in [6.07, 6.45) is -1.43. The Morgan fingerprint density at radius 1 is 0.821 bits per heavy atom. The number of hydrogen-bond donors (Lipinski definition) is 0. The minimum Gasteiger partial charge on any atom is -0.444 e. The molecule has 3 aromatic carbocycles. The van der Waals surface area contributed by atoms with Gasteiger partial charge in [0.25, 0.3) is 0 Å². The van der Waals surface area contributed by atoms with Gasteiger partial charge in [0.05, 0.1) is 0 Å². The summed E-state index contributed by atoms with van der Waals surface area (Å²) in [5, 5.41) is 0. The van der Waals surface area contributed by atoms with Crippen molar-refractivity contribution in [2.24, 2.45) is 0 Å². The van der Waals surface area contributed by atoms with Crippen LogP contribution in [0.5, 0.6) is 0 Å². The fourth-order valence-electron chi connectivity index (χ4n) is 3.25. The van der Waals surface area contributed by atoms with E-state index in [9.17, 15) is 9.59 Å². The molecule has 1 unspecified atom stereocenters. The molecule has 3 aromatic rings. The third kappa shape index (κ3) is 3.60. The van der Waals surface area contributed by atoms with Gasteiger partial charge >= 0.3 is 12.1 Å². The van der Waals surface area contributed by atoms with Gasteiger partial charge in [0.15, 0.2) is 6.04 Å². The van der Waals surface area contributed by atoms with Crippen LogP contribution in [0.4, 0.5) is 4.79 Å². The molecule has 0 radical (unpaired) electrons. The minimum atomic E-state index is -0.852. The Morgan fingerprint density at radius 3 is 1.96 bits per heavy atom. The van der Waals surface area contributed by atoms with Gasteiger partial charge in [-0.05, 0) is 11.1 Å². The van der Waals surface area contributed by atoms with Crippen molar-refractivity contribution < 1.29 is 19.1 Å². The van der Waals surface area contributed by atoms with Crippen molar-refractivity contribution in [3.63, 3.8) is 0 Å². The number of nitrogens with zero attached hydrogens (tertiary/aromatic N) is 1. The molecule has 1 aliphatic rings. The van der Waals surface area contributed by atoms with E-state index in [2.05, 4.69) is 0 Å². The highest BCUT2D eigenvalue weighted by Gasteiger charge is 2.47. The van der Waals surface area contributed by atoms with Gasteiger partial charge in [-0.2, -0.15) is 0 Å². The third-order valence-corrected chi connectivity index (χ3v) is 4.60.